The molecule has 0 spiro atoms. The lowest BCUT2D eigenvalue weighted by atomic mass is 9.99. The maximum Gasteiger partial charge on any atom is 0.416 e. The third kappa shape index (κ3) is 5.63. The molecule has 2 heterocycles. The quantitative estimate of drug-likeness (QED) is 0.211. The van der Waals surface area contributed by atoms with Crippen LogP contribution in [0.15, 0.2) is 85.1 Å². The average Bonchev–Trinajstić information content (AvgIpc) is 3.21. The monoisotopic (exact) mass is 571 g/mol. The van der Waals surface area contributed by atoms with Crippen LogP contribution in [0.1, 0.15) is 61.8 Å². The molecular weight excluding hydrogens is 543 g/mol. The number of aryl methyl sites for hydroxylation is 1. The van der Waals surface area contributed by atoms with Gasteiger partial charge in [0.1, 0.15) is 0 Å². The van der Waals surface area contributed by atoms with E-state index in [4.69, 9.17) is 0 Å². The zero-order valence-electron chi connectivity index (χ0n) is 23.2. The maximum atomic E-state index is 13.1. The van der Waals surface area contributed by atoms with Crippen LogP contribution >= 0.6 is 0 Å². The van der Waals surface area contributed by atoms with Crippen LogP contribution in [-0.4, -0.2) is 26.5 Å². The largest absolute Gasteiger partial charge is 0.478 e. The van der Waals surface area contributed by atoms with Gasteiger partial charge >= 0.3 is 12.1 Å². The molecule has 42 heavy (non-hydrogen) atoms. The highest BCUT2D eigenvalue weighted by molar-refractivity contribution is 5.99. The van der Waals surface area contributed by atoms with Gasteiger partial charge in [0, 0.05) is 34.9 Å². The number of benzene rings is 3. The van der Waals surface area contributed by atoms with E-state index < -0.39 is 29.7 Å². The molecule has 1 atom stereocenters. The fraction of sp³-hybridized carbons (Fsp3) is 0.182. The molecule has 0 aliphatic rings. The van der Waals surface area contributed by atoms with Gasteiger partial charge in [0.25, 0.3) is 5.91 Å². The molecule has 5 rings (SSSR count). The number of halogens is 3. The van der Waals surface area contributed by atoms with Crippen LogP contribution in [0.5, 0.6) is 0 Å². The summed E-state index contributed by atoms with van der Waals surface area (Å²) < 4.78 is 41.5. The molecule has 0 saturated carbocycles. The number of rotatable bonds is 7. The van der Waals surface area contributed by atoms with Crippen molar-refractivity contribution in [1.82, 2.24) is 14.9 Å². The van der Waals surface area contributed by atoms with E-state index >= 15 is 0 Å². The molecule has 1 amide bonds. The summed E-state index contributed by atoms with van der Waals surface area (Å²) in [6.45, 7) is 6.15. The number of amides is 1. The van der Waals surface area contributed by atoms with Crippen molar-refractivity contribution in [3.05, 3.63) is 124 Å². The number of carboxylic acids is 1. The first kappa shape index (κ1) is 28.6. The molecule has 6 nitrogen and oxygen atoms in total. The number of hydrogen-bond acceptors (Lipinski definition) is 3. The third-order valence-corrected chi connectivity index (χ3v) is 7.56. The fourth-order valence-electron chi connectivity index (χ4n) is 5.10. The van der Waals surface area contributed by atoms with E-state index in [0.29, 0.717) is 17.7 Å². The van der Waals surface area contributed by atoms with Crippen molar-refractivity contribution in [3.63, 3.8) is 0 Å². The van der Waals surface area contributed by atoms with E-state index in [0.717, 1.165) is 51.6 Å². The van der Waals surface area contributed by atoms with Crippen molar-refractivity contribution in [3.8, 4) is 11.1 Å². The molecule has 5 aromatic rings. The highest BCUT2D eigenvalue weighted by atomic mass is 19.4. The Morgan fingerprint density at radius 1 is 0.976 bits per heavy atom. The van der Waals surface area contributed by atoms with Crippen LogP contribution in [-0.2, 0) is 12.7 Å². The predicted octanol–water partition coefficient (Wildman–Crippen LogP) is 7.58. The highest BCUT2D eigenvalue weighted by Gasteiger charge is 2.31. The van der Waals surface area contributed by atoms with Crippen molar-refractivity contribution in [2.75, 3.05) is 0 Å². The maximum absolute atomic E-state index is 13.1. The Kier molecular flexibility index (Phi) is 7.60. The summed E-state index contributed by atoms with van der Waals surface area (Å²) in [4.78, 5) is 28.7. The lowest BCUT2D eigenvalue weighted by Crippen LogP contribution is -2.27. The van der Waals surface area contributed by atoms with Crippen LogP contribution < -0.4 is 5.32 Å². The molecule has 0 aliphatic carbocycles. The van der Waals surface area contributed by atoms with Crippen LogP contribution in [0.3, 0.4) is 0 Å². The zero-order chi connectivity index (χ0) is 30.2. The van der Waals surface area contributed by atoms with Gasteiger partial charge in [-0.25, -0.2) is 4.79 Å². The Balaban J connectivity index is 1.37. The number of aromatic nitrogens is 2. The van der Waals surface area contributed by atoms with E-state index in [1.165, 1.54) is 0 Å². The molecule has 214 valence electrons. The molecule has 9 heteroatoms. The van der Waals surface area contributed by atoms with E-state index in [1.54, 1.807) is 37.3 Å². The summed E-state index contributed by atoms with van der Waals surface area (Å²) in [5.41, 5.74) is 5.41. The number of pyridine rings is 1. The van der Waals surface area contributed by atoms with Gasteiger partial charge in [0.2, 0.25) is 0 Å². The summed E-state index contributed by atoms with van der Waals surface area (Å²) in [6.07, 6.45) is -3.41. The molecule has 3 aromatic carbocycles. The van der Waals surface area contributed by atoms with E-state index in [9.17, 15) is 27.9 Å². The molecule has 0 bridgehead atoms. The smallest absolute Gasteiger partial charge is 0.416 e. The van der Waals surface area contributed by atoms with Gasteiger partial charge in [-0.3, -0.25) is 9.78 Å². The molecule has 0 saturated heterocycles. The lowest BCUT2D eigenvalue weighted by Gasteiger charge is -2.15. The second kappa shape index (κ2) is 11.2. The van der Waals surface area contributed by atoms with Crippen molar-refractivity contribution in [2.24, 2.45) is 0 Å². The van der Waals surface area contributed by atoms with Crippen LogP contribution in [0, 0.1) is 13.8 Å². The first-order valence-electron chi connectivity index (χ1n) is 13.3. The van der Waals surface area contributed by atoms with Crippen molar-refractivity contribution >= 4 is 22.8 Å². The predicted molar refractivity (Wildman–Crippen MR) is 154 cm³/mol. The Morgan fingerprint density at radius 3 is 2.38 bits per heavy atom. The highest BCUT2D eigenvalue weighted by Crippen LogP contribution is 2.31. The average molecular weight is 572 g/mol. The number of aromatic carboxylic acids is 1. The van der Waals surface area contributed by atoms with E-state index in [2.05, 4.69) is 14.9 Å². The number of carbonyl (C=O) groups excluding carboxylic acids is 1. The number of nitrogens with one attached hydrogen (secondary N) is 1. The van der Waals surface area contributed by atoms with Gasteiger partial charge in [-0.05, 0) is 79.4 Å². The van der Waals surface area contributed by atoms with Crippen molar-refractivity contribution < 1.29 is 27.9 Å². The number of carboxylic acid groups (broad SMARTS) is 1. The summed E-state index contributed by atoms with van der Waals surface area (Å²) in [5.74, 6) is -1.39. The summed E-state index contributed by atoms with van der Waals surface area (Å²) >= 11 is 0. The minimum atomic E-state index is -4.50. The molecule has 0 unspecified atom stereocenters. The van der Waals surface area contributed by atoms with Gasteiger partial charge in [0.15, 0.2) is 0 Å². The van der Waals surface area contributed by atoms with Gasteiger partial charge < -0.3 is 15.0 Å². The molecule has 0 fully saturated rings. The van der Waals surface area contributed by atoms with E-state index in [1.807, 2.05) is 50.2 Å². The second-order valence-electron chi connectivity index (χ2n) is 10.2. The number of nitrogens with zero attached hydrogens (tertiary/aromatic N) is 2. The molecule has 2 aromatic heterocycles. The standard InChI is InChI=1S/C33H28F3N3O3/c1-19-21(3)39(18-22-8-10-23(11-9-22)26-6-4-5-7-27(26)32(41)42)30-13-12-24(16-28(19)30)31(40)38-20(2)29-17-25(14-15-37-29)33(34,35)36/h4-17,20H,18H2,1-3H3,(H,38,40)(H,41,42)/t20-/m0/s1. The molecule has 2 N–H and O–H groups in total. The van der Waals surface area contributed by atoms with Crippen molar-refractivity contribution in [2.45, 2.75) is 39.5 Å². The van der Waals surface area contributed by atoms with Gasteiger partial charge in [-0.1, -0.05) is 42.5 Å². The Labute approximate surface area is 240 Å². The minimum absolute atomic E-state index is 0.120. The first-order valence-corrected chi connectivity index (χ1v) is 13.3. The molecule has 0 radical (unpaired) electrons. The first-order chi connectivity index (χ1) is 19.9. The summed E-state index contributed by atoms with van der Waals surface area (Å²) in [6, 6.07) is 21.1. The summed E-state index contributed by atoms with van der Waals surface area (Å²) in [5, 5.41) is 13.2. The van der Waals surface area contributed by atoms with Crippen LogP contribution in [0.2, 0.25) is 0 Å². The SMILES string of the molecule is Cc1c(C)n(Cc2ccc(-c3ccccc3C(=O)O)cc2)c2ccc(C(=O)N[C@@H](C)c3cc(C(F)(F)F)ccn3)cc12. The zero-order valence-corrected chi connectivity index (χ0v) is 23.2. The van der Waals surface area contributed by atoms with Gasteiger partial charge in [0.05, 0.1) is 22.9 Å². The van der Waals surface area contributed by atoms with Crippen LogP contribution in [0.25, 0.3) is 22.0 Å². The third-order valence-electron chi connectivity index (χ3n) is 7.56. The number of fused-ring (bicyclic) bond motifs is 1. The number of carbonyl (C=O) groups is 2. The fourth-order valence-corrected chi connectivity index (χ4v) is 5.10. The van der Waals surface area contributed by atoms with Gasteiger partial charge in [-0.15, -0.1) is 0 Å². The number of alkyl halides is 3. The normalized spacial score (nSPS) is 12.3. The number of hydrogen-bond donors (Lipinski definition) is 2. The Hall–Kier alpha value is -4.92. The lowest BCUT2D eigenvalue weighted by molar-refractivity contribution is -0.137. The summed E-state index contributed by atoms with van der Waals surface area (Å²) in [7, 11) is 0. The molecular formula is C33H28F3N3O3. The topological polar surface area (TPSA) is 84.2 Å². The molecule has 0 aliphatic heterocycles. The minimum Gasteiger partial charge on any atom is -0.478 e. The van der Waals surface area contributed by atoms with Gasteiger partial charge in [-0.2, -0.15) is 13.2 Å². The second-order valence-corrected chi connectivity index (χ2v) is 10.2. The van der Waals surface area contributed by atoms with E-state index in [-0.39, 0.29) is 11.3 Å². The Morgan fingerprint density at radius 2 is 1.69 bits per heavy atom. The van der Waals surface area contributed by atoms with Crippen molar-refractivity contribution in [1.29, 1.82) is 0 Å². The van der Waals surface area contributed by atoms with Crippen LogP contribution in [0.4, 0.5) is 13.2 Å². The Bertz CT molecular complexity index is 1810.